The van der Waals surface area contributed by atoms with E-state index in [1.54, 1.807) is 18.2 Å². The number of carbonyl (C=O) groups excluding carboxylic acids is 2. The van der Waals surface area contributed by atoms with Crippen LogP contribution in [-0.2, 0) is 9.53 Å². The molecule has 1 aliphatic rings. The van der Waals surface area contributed by atoms with E-state index in [4.69, 9.17) is 4.74 Å². The standard InChI is InChI=1S/C22H27N3O3/c1-2-28-18-12-14-25(15-13-18)16-21(26)24-20-11-7-6-10-19(20)22(27)23-17-8-4-3-5-9-17/h3-11,18H,2,12-16H2,1H3,(H,23,27)(H,24,26). The van der Waals surface area contributed by atoms with Crippen LogP contribution in [0.15, 0.2) is 54.6 Å². The van der Waals surface area contributed by atoms with Crippen molar-refractivity contribution in [2.75, 3.05) is 36.9 Å². The highest BCUT2D eigenvalue weighted by Crippen LogP contribution is 2.18. The highest BCUT2D eigenvalue weighted by atomic mass is 16.5. The monoisotopic (exact) mass is 381 g/mol. The molecule has 1 heterocycles. The number of para-hydroxylation sites is 2. The second-order valence-electron chi connectivity index (χ2n) is 6.84. The normalized spacial score (nSPS) is 15.2. The molecule has 6 heteroatoms. The van der Waals surface area contributed by atoms with E-state index in [0.717, 1.165) is 32.5 Å². The Morgan fingerprint density at radius 2 is 1.68 bits per heavy atom. The second kappa shape index (κ2) is 10.0. The van der Waals surface area contributed by atoms with Crippen LogP contribution >= 0.6 is 0 Å². The Labute approximate surface area is 165 Å². The van der Waals surface area contributed by atoms with Crippen molar-refractivity contribution < 1.29 is 14.3 Å². The molecule has 3 rings (SSSR count). The number of benzene rings is 2. The topological polar surface area (TPSA) is 70.7 Å². The minimum absolute atomic E-state index is 0.116. The van der Waals surface area contributed by atoms with Crippen LogP contribution in [0, 0.1) is 0 Å². The molecule has 0 spiro atoms. The number of piperidine rings is 1. The lowest BCUT2D eigenvalue weighted by atomic mass is 10.1. The molecule has 0 atom stereocenters. The van der Waals surface area contributed by atoms with Crippen molar-refractivity contribution >= 4 is 23.2 Å². The summed E-state index contributed by atoms with van der Waals surface area (Å²) in [5.74, 6) is -0.366. The number of anilines is 2. The predicted octanol–water partition coefficient (Wildman–Crippen LogP) is 3.38. The van der Waals surface area contributed by atoms with Crippen molar-refractivity contribution in [3.05, 3.63) is 60.2 Å². The van der Waals surface area contributed by atoms with Crippen LogP contribution in [0.2, 0.25) is 0 Å². The minimum atomic E-state index is -0.250. The molecule has 0 saturated carbocycles. The summed E-state index contributed by atoms with van der Waals surface area (Å²) < 4.78 is 5.65. The lowest BCUT2D eigenvalue weighted by Gasteiger charge is -2.31. The highest BCUT2D eigenvalue weighted by molar-refractivity contribution is 6.10. The number of nitrogens with zero attached hydrogens (tertiary/aromatic N) is 1. The average molecular weight is 381 g/mol. The fourth-order valence-electron chi connectivity index (χ4n) is 3.37. The minimum Gasteiger partial charge on any atom is -0.378 e. The van der Waals surface area contributed by atoms with E-state index in [9.17, 15) is 9.59 Å². The second-order valence-corrected chi connectivity index (χ2v) is 6.84. The van der Waals surface area contributed by atoms with Crippen molar-refractivity contribution in [1.82, 2.24) is 4.90 Å². The number of carbonyl (C=O) groups is 2. The van der Waals surface area contributed by atoms with Gasteiger partial charge in [-0.15, -0.1) is 0 Å². The van der Waals surface area contributed by atoms with E-state index in [0.29, 0.717) is 29.6 Å². The van der Waals surface area contributed by atoms with Gasteiger partial charge in [-0.3, -0.25) is 14.5 Å². The van der Waals surface area contributed by atoms with E-state index >= 15 is 0 Å². The van der Waals surface area contributed by atoms with E-state index in [2.05, 4.69) is 15.5 Å². The number of ether oxygens (including phenoxy) is 1. The summed E-state index contributed by atoms with van der Waals surface area (Å²) >= 11 is 0. The molecule has 0 aliphatic carbocycles. The molecule has 1 fully saturated rings. The molecule has 0 aromatic heterocycles. The number of likely N-dealkylation sites (tertiary alicyclic amines) is 1. The molecular formula is C22H27N3O3. The first-order valence-electron chi connectivity index (χ1n) is 9.75. The first-order chi connectivity index (χ1) is 13.7. The molecule has 1 aliphatic heterocycles. The van der Waals surface area contributed by atoms with Crippen LogP contribution in [0.3, 0.4) is 0 Å². The molecule has 0 bridgehead atoms. The highest BCUT2D eigenvalue weighted by Gasteiger charge is 2.21. The summed E-state index contributed by atoms with van der Waals surface area (Å²) in [6, 6.07) is 16.3. The van der Waals surface area contributed by atoms with Crippen LogP contribution in [0.25, 0.3) is 0 Å². The summed E-state index contributed by atoms with van der Waals surface area (Å²) in [6.07, 6.45) is 2.18. The summed E-state index contributed by atoms with van der Waals surface area (Å²) in [5.41, 5.74) is 1.67. The van der Waals surface area contributed by atoms with Gasteiger partial charge < -0.3 is 15.4 Å². The maximum absolute atomic E-state index is 12.6. The first kappa shape index (κ1) is 20.0. The number of hydrogen-bond acceptors (Lipinski definition) is 4. The van der Waals surface area contributed by atoms with Crippen molar-refractivity contribution in [3.63, 3.8) is 0 Å². The van der Waals surface area contributed by atoms with E-state index in [1.165, 1.54) is 0 Å². The number of hydrogen-bond donors (Lipinski definition) is 2. The van der Waals surface area contributed by atoms with Crippen LogP contribution in [0.4, 0.5) is 11.4 Å². The van der Waals surface area contributed by atoms with E-state index in [1.807, 2.05) is 43.3 Å². The number of nitrogens with one attached hydrogen (secondary N) is 2. The van der Waals surface area contributed by atoms with Gasteiger partial charge in [-0.1, -0.05) is 30.3 Å². The summed E-state index contributed by atoms with van der Waals surface area (Å²) in [7, 11) is 0. The molecule has 148 valence electrons. The largest absolute Gasteiger partial charge is 0.378 e. The van der Waals surface area contributed by atoms with Gasteiger partial charge >= 0.3 is 0 Å². The lowest BCUT2D eigenvalue weighted by Crippen LogP contribution is -2.41. The van der Waals surface area contributed by atoms with Crippen molar-refractivity contribution in [2.24, 2.45) is 0 Å². The maximum atomic E-state index is 12.6. The summed E-state index contributed by atoms with van der Waals surface area (Å²) in [6.45, 7) is 4.73. The van der Waals surface area contributed by atoms with Crippen LogP contribution < -0.4 is 10.6 Å². The molecule has 2 N–H and O–H groups in total. The Bertz CT molecular complexity index is 787. The molecule has 1 saturated heterocycles. The Balaban J connectivity index is 1.57. The van der Waals surface area contributed by atoms with Crippen molar-refractivity contribution in [3.8, 4) is 0 Å². The fraction of sp³-hybridized carbons (Fsp3) is 0.364. The molecule has 2 aromatic carbocycles. The van der Waals surface area contributed by atoms with Gasteiger partial charge in [-0.25, -0.2) is 0 Å². The zero-order valence-corrected chi connectivity index (χ0v) is 16.2. The van der Waals surface area contributed by atoms with E-state index < -0.39 is 0 Å². The molecule has 28 heavy (non-hydrogen) atoms. The van der Waals surface area contributed by atoms with Crippen LogP contribution in [0.1, 0.15) is 30.1 Å². The predicted molar refractivity (Wildman–Crippen MR) is 111 cm³/mol. The van der Waals surface area contributed by atoms with Gasteiger partial charge in [0.1, 0.15) is 0 Å². The zero-order chi connectivity index (χ0) is 19.8. The summed E-state index contributed by atoms with van der Waals surface area (Å²) in [5, 5.41) is 5.74. The molecule has 2 aromatic rings. The first-order valence-corrected chi connectivity index (χ1v) is 9.75. The fourth-order valence-corrected chi connectivity index (χ4v) is 3.37. The maximum Gasteiger partial charge on any atom is 0.257 e. The average Bonchev–Trinajstić information content (AvgIpc) is 2.71. The molecular weight excluding hydrogens is 354 g/mol. The molecule has 0 unspecified atom stereocenters. The molecule has 6 nitrogen and oxygen atoms in total. The van der Waals surface area contributed by atoms with Crippen LogP contribution in [0.5, 0.6) is 0 Å². The SMILES string of the molecule is CCOC1CCN(CC(=O)Nc2ccccc2C(=O)Nc2ccccc2)CC1. The Hall–Kier alpha value is -2.70. The quantitative estimate of drug-likeness (QED) is 0.771. The smallest absolute Gasteiger partial charge is 0.257 e. The third kappa shape index (κ3) is 5.65. The van der Waals surface area contributed by atoms with Crippen molar-refractivity contribution in [2.45, 2.75) is 25.9 Å². The molecule has 0 radical (unpaired) electrons. The summed E-state index contributed by atoms with van der Waals surface area (Å²) in [4.78, 5) is 27.2. The lowest BCUT2D eigenvalue weighted by molar-refractivity contribution is -0.118. The Kier molecular flexibility index (Phi) is 7.17. The van der Waals surface area contributed by atoms with Gasteiger partial charge in [0.2, 0.25) is 5.91 Å². The Morgan fingerprint density at radius 1 is 1.00 bits per heavy atom. The van der Waals surface area contributed by atoms with Crippen molar-refractivity contribution in [1.29, 1.82) is 0 Å². The zero-order valence-electron chi connectivity index (χ0n) is 16.2. The molecule has 2 amide bonds. The Morgan fingerprint density at radius 3 is 2.39 bits per heavy atom. The van der Waals surface area contributed by atoms with Gasteiger partial charge in [-0.2, -0.15) is 0 Å². The van der Waals surface area contributed by atoms with Gasteiger partial charge in [0.15, 0.2) is 0 Å². The van der Waals surface area contributed by atoms with E-state index in [-0.39, 0.29) is 11.8 Å². The van der Waals surface area contributed by atoms with Gasteiger partial charge in [-0.05, 0) is 44.0 Å². The third-order valence-electron chi connectivity index (χ3n) is 4.78. The van der Waals surface area contributed by atoms with Gasteiger partial charge in [0, 0.05) is 25.4 Å². The third-order valence-corrected chi connectivity index (χ3v) is 4.78. The number of rotatable bonds is 7. The number of amides is 2. The van der Waals surface area contributed by atoms with Gasteiger partial charge in [0.25, 0.3) is 5.91 Å². The van der Waals surface area contributed by atoms with Crippen LogP contribution in [-0.4, -0.2) is 49.1 Å². The van der Waals surface area contributed by atoms with Gasteiger partial charge in [0.05, 0.1) is 23.9 Å².